The van der Waals surface area contributed by atoms with Crippen molar-refractivity contribution in [3.63, 3.8) is 0 Å². The van der Waals surface area contributed by atoms with Crippen molar-refractivity contribution in [1.29, 1.82) is 0 Å². The topological polar surface area (TPSA) is 27.8 Å². The van der Waals surface area contributed by atoms with E-state index < -0.39 is 11.9 Å². The van der Waals surface area contributed by atoms with Gasteiger partial charge < -0.3 is 10.3 Å². The largest absolute Gasteiger partial charge is 0.431 e. The third kappa shape index (κ3) is 2.25. The van der Waals surface area contributed by atoms with Crippen LogP contribution in [0.25, 0.3) is 10.9 Å². The highest BCUT2D eigenvalue weighted by Gasteiger charge is 2.36. The molecule has 0 atom stereocenters. The third-order valence-corrected chi connectivity index (χ3v) is 2.74. The Bertz CT molecular complexity index is 545. The fourth-order valence-electron chi connectivity index (χ4n) is 1.83. The summed E-state index contributed by atoms with van der Waals surface area (Å²) in [4.78, 5) is 2.38. The standard InChI is InChI=1S/C11H10ClF3N2/c1-16-5-8-7-3-2-6(12)4-9(7)17-10(8)11(13,14)15/h2-4,16-17H,5H2,1H3. The van der Waals surface area contributed by atoms with E-state index in [0.717, 1.165) is 0 Å². The molecular formula is C11H10ClF3N2. The SMILES string of the molecule is CNCc1c(C(F)(F)F)[nH]c2cc(Cl)ccc12. The number of benzene rings is 1. The molecule has 0 aliphatic carbocycles. The van der Waals surface area contributed by atoms with Gasteiger partial charge in [0.15, 0.2) is 0 Å². The first kappa shape index (κ1) is 12.3. The molecule has 0 aliphatic rings. The minimum absolute atomic E-state index is 0.149. The molecule has 1 aromatic carbocycles. The molecule has 0 fully saturated rings. The third-order valence-electron chi connectivity index (χ3n) is 2.51. The van der Waals surface area contributed by atoms with Crippen LogP contribution in [0, 0.1) is 0 Å². The van der Waals surface area contributed by atoms with Crippen molar-refractivity contribution in [3.05, 3.63) is 34.5 Å². The van der Waals surface area contributed by atoms with Gasteiger partial charge in [0.2, 0.25) is 0 Å². The van der Waals surface area contributed by atoms with Crippen molar-refractivity contribution in [1.82, 2.24) is 10.3 Å². The summed E-state index contributed by atoms with van der Waals surface area (Å²) in [5.74, 6) is 0. The molecule has 1 aromatic heterocycles. The molecule has 2 nitrogen and oxygen atoms in total. The van der Waals surface area contributed by atoms with Gasteiger partial charge in [0, 0.05) is 28.0 Å². The Hall–Kier alpha value is -1.20. The van der Waals surface area contributed by atoms with Crippen LogP contribution in [-0.2, 0) is 12.7 Å². The zero-order chi connectivity index (χ0) is 12.6. The number of alkyl halides is 3. The normalized spacial score (nSPS) is 12.3. The first-order valence-corrected chi connectivity index (χ1v) is 5.33. The number of H-pyrrole nitrogens is 1. The fourth-order valence-corrected chi connectivity index (χ4v) is 2.00. The van der Waals surface area contributed by atoms with Crippen LogP contribution in [0.15, 0.2) is 18.2 Å². The van der Waals surface area contributed by atoms with Gasteiger partial charge in [0.05, 0.1) is 0 Å². The lowest BCUT2D eigenvalue weighted by molar-refractivity contribution is -0.141. The van der Waals surface area contributed by atoms with Crippen LogP contribution in [0.1, 0.15) is 11.3 Å². The summed E-state index contributed by atoms with van der Waals surface area (Å²) in [7, 11) is 1.61. The highest BCUT2D eigenvalue weighted by atomic mass is 35.5. The number of nitrogens with one attached hydrogen (secondary N) is 2. The van der Waals surface area contributed by atoms with Crippen LogP contribution in [0.2, 0.25) is 5.02 Å². The summed E-state index contributed by atoms with van der Waals surface area (Å²) >= 11 is 5.75. The van der Waals surface area contributed by atoms with Crippen molar-refractivity contribution in [2.24, 2.45) is 0 Å². The number of hydrogen-bond acceptors (Lipinski definition) is 1. The van der Waals surface area contributed by atoms with E-state index in [1.165, 1.54) is 6.07 Å². The second-order valence-corrected chi connectivity index (χ2v) is 4.13. The number of aromatic amines is 1. The van der Waals surface area contributed by atoms with E-state index in [1.54, 1.807) is 19.2 Å². The van der Waals surface area contributed by atoms with Gasteiger partial charge >= 0.3 is 6.18 Å². The molecular weight excluding hydrogens is 253 g/mol. The van der Waals surface area contributed by atoms with Crippen molar-refractivity contribution in [2.75, 3.05) is 7.05 Å². The summed E-state index contributed by atoms with van der Waals surface area (Å²) < 4.78 is 38.5. The van der Waals surface area contributed by atoms with E-state index in [1.807, 2.05) is 0 Å². The van der Waals surface area contributed by atoms with Crippen molar-refractivity contribution in [3.8, 4) is 0 Å². The second kappa shape index (κ2) is 4.23. The lowest BCUT2D eigenvalue weighted by atomic mass is 10.1. The Morgan fingerprint density at radius 3 is 2.65 bits per heavy atom. The quantitative estimate of drug-likeness (QED) is 0.851. The number of hydrogen-bond donors (Lipinski definition) is 2. The Morgan fingerprint density at radius 1 is 1.35 bits per heavy atom. The van der Waals surface area contributed by atoms with E-state index in [4.69, 9.17) is 11.6 Å². The average molecular weight is 263 g/mol. The average Bonchev–Trinajstić information content (AvgIpc) is 2.56. The molecule has 2 aromatic rings. The van der Waals surface area contributed by atoms with Gasteiger partial charge in [-0.1, -0.05) is 17.7 Å². The van der Waals surface area contributed by atoms with E-state index in [0.29, 0.717) is 15.9 Å². The number of halogens is 4. The van der Waals surface area contributed by atoms with Gasteiger partial charge in [0.25, 0.3) is 0 Å². The van der Waals surface area contributed by atoms with Crippen LogP contribution in [0.3, 0.4) is 0 Å². The molecule has 0 amide bonds. The molecule has 0 saturated carbocycles. The summed E-state index contributed by atoms with van der Waals surface area (Å²) in [6, 6.07) is 4.67. The maximum Gasteiger partial charge on any atom is 0.431 e. The lowest BCUT2D eigenvalue weighted by Crippen LogP contribution is -2.13. The smallest absolute Gasteiger partial charge is 0.351 e. The first-order valence-electron chi connectivity index (χ1n) is 4.95. The van der Waals surface area contributed by atoms with E-state index in [2.05, 4.69) is 10.3 Å². The first-order chi connectivity index (χ1) is 7.93. The molecule has 2 N–H and O–H groups in total. The predicted molar refractivity (Wildman–Crippen MR) is 61.1 cm³/mol. The van der Waals surface area contributed by atoms with Crippen molar-refractivity contribution < 1.29 is 13.2 Å². The second-order valence-electron chi connectivity index (χ2n) is 3.70. The highest BCUT2D eigenvalue weighted by molar-refractivity contribution is 6.31. The van der Waals surface area contributed by atoms with Crippen LogP contribution in [-0.4, -0.2) is 12.0 Å². The number of rotatable bonds is 2. The summed E-state index contributed by atoms with van der Waals surface area (Å²) in [5, 5.41) is 3.68. The van der Waals surface area contributed by atoms with Crippen LogP contribution < -0.4 is 5.32 Å². The molecule has 17 heavy (non-hydrogen) atoms. The fraction of sp³-hybridized carbons (Fsp3) is 0.273. The Labute approximate surface area is 101 Å². The van der Waals surface area contributed by atoms with Crippen LogP contribution in [0.5, 0.6) is 0 Å². The van der Waals surface area contributed by atoms with Crippen LogP contribution in [0.4, 0.5) is 13.2 Å². The summed E-state index contributed by atoms with van der Waals surface area (Å²) in [5.41, 5.74) is -0.106. The maximum absolute atomic E-state index is 12.8. The zero-order valence-electron chi connectivity index (χ0n) is 8.95. The minimum Gasteiger partial charge on any atom is -0.351 e. The lowest BCUT2D eigenvalue weighted by Gasteiger charge is -2.07. The molecule has 0 radical (unpaired) electrons. The van der Waals surface area contributed by atoms with Crippen molar-refractivity contribution >= 4 is 22.5 Å². The summed E-state index contributed by atoms with van der Waals surface area (Å²) in [6.45, 7) is 0.149. The minimum atomic E-state index is -4.39. The predicted octanol–water partition coefficient (Wildman–Crippen LogP) is 3.56. The van der Waals surface area contributed by atoms with Gasteiger partial charge in [-0.3, -0.25) is 0 Å². The number of fused-ring (bicyclic) bond motifs is 1. The molecule has 6 heteroatoms. The van der Waals surface area contributed by atoms with Crippen LogP contribution >= 0.6 is 11.6 Å². The van der Waals surface area contributed by atoms with Crippen molar-refractivity contribution in [2.45, 2.75) is 12.7 Å². The Morgan fingerprint density at radius 2 is 2.06 bits per heavy atom. The summed E-state index contributed by atoms with van der Waals surface area (Å²) in [6.07, 6.45) is -4.39. The monoisotopic (exact) mass is 262 g/mol. The molecule has 0 saturated heterocycles. The molecule has 1 heterocycles. The Balaban J connectivity index is 2.70. The van der Waals surface area contributed by atoms with E-state index >= 15 is 0 Å². The Kier molecular flexibility index (Phi) is 3.05. The van der Waals surface area contributed by atoms with Gasteiger partial charge in [-0.25, -0.2) is 0 Å². The number of aromatic nitrogens is 1. The molecule has 92 valence electrons. The molecule has 0 unspecified atom stereocenters. The van der Waals surface area contributed by atoms with Gasteiger partial charge in [-0.15, -0.1) is 0 Å². The zero-order valence-corrected chi connectivity index (χ0v) is 9.71. The van der Waals surface area contributed by atoms with Gasteiger partial charge in [-0.2, -0.15) is 13.2 Å². The van der Waals surface area contributed by atoms with E-state index in [-0.39, 0.29) is 12.1 Å². The van der Waals surface area contributed by atoms with Gasteiger partial charge in [-0.05, 0) is 19.2 Å². The van der Waals surface area contributed by atoms with Gasteiger partial charge in [0.1, 0.15) is 5.69 Å². The molecule has 0 spiro atoms. The molecule has 0 aliphatic heterocycles. The molecule has 0 bridgehead atoms. The highest BCUT2D eigenvalue weighted by Crippen LogP contribution is 2.36. The molecule has 2 rings (SSSR count). The maximum atomic E-state index is 12.8. The van der Waals surface area contributed by atoms with E-state index in [9.17, 15) is 13.2 Å².